The van der Waals surface area contributed by atoms with Crippen molar-refractivity contribution in [3.05, 3.63) is 15.8 Å². The fourth-order valence-electron chi connectivity index (χ4n) is 3.08. The Morgan fingerprint density at radius 3 is 2.48 bits per heavy atom. The zero-order valence-electron chi connectivity index (χ0n) is 13.2. The molecule has 0 unspecified atom stereocenters. The van der Waals surface area contributed by atoms with E-state index in [1.54, 1.807) is 11.4 Å². The second-order valence-corrected chi connectivity index (χ2v) is 8.77. The van der Waals surface area contributed by atoms with E-state index in [0.717, 1.165) is 36.1 Å². The Bertz CT molecular complexity index is 558. The summed E-state index contributed by atoms with van der Waals surface area (Å²) in [4.78, 5) is 1.43. The minimum atomic E-state index is -3.39. The molecular formula is C15H26N2O2S2. The minimum Gasteiger partial charge on any atom is -0.315 e. The molecule has 1 fully saturated rings. The third kappa shape index (κ3) is 3.67. The van der Waals surface area contributed by atoms with Gasteiger partial charge >= 0.3 is 0 Å². The molecule has 0 saturated heterocycles. The van der Waals surface area contributed by atoms with E-state index in [1.807, 2.05) is 19.4 Å². The third-order valence-electron chi connectivity index (χ3n) is 4.30. The van der Waals surface area contributed by atoms with Gasteiger partial charge in [0.2, 0.25) is 10.0 Å². The van der Waals surface area contributed by atoms with Crippen molar-refractivity contribution in [2.75, 3.05) is 14.1 Å². The highest BCUT2D eigenvalue weighted by atomic mass is 32.2. The van der Waals surface area contributed by atoms with Crippen molar-refractivity contribution in [3.8, 4) is 0 Å². The highest BCUT2D eigenvalue weighted by molar-refractivity contribution is 7.89. The molecule has 1 aliphatic rings. The molecule has 0 radical (unpaired) electrons. The number of nitrogens with zero attached hydrogens (tertiary/aromatic N) is 1. The Kier molecular flexibility index (Phi) is 5.82. The average molecular weight is 331 g/mol. The normalized spacial score (nSPS) is 18.1. The van der Waals surface area contributed by atoms with Crippen LogP contribution < -0.4 is 5.32 Å². The van der Waals surface area contributed by atoms with Gasteiger partial charge in [-0.05, 0) is 37.8 Å². The summed E-state index contributed by atoms with van der Waals surface area (Å²) in [6, 6.07) is 0.152. The van der Waals surface area contributed by atoms with Crippen molar-refractivity contribution in [1.29, 1.82) is 0 Å². The Morgan fingerprint density at radius 1 is 1.29 bits per heavy atom. The number of nitrogens with one attached hydrogen (secondary N) is 1. The van der Waals surface area contributed by atoms with Gasteiger partial charge in [-0.3, -0.25) is 0 Å². The Balaban J connectivity index is 2.30. The number of sulfonamides is 1. The standard InChI is InChI=1S/C15H26N2O2S2/c1-12-11-20-14(10-16-2)15(12)21(18,19)17(3)13-8-6-4-5-7-9-13/h11,13,16H,4-10H2,1-3H3. The lowest BCUT2D eigenvalue weighted by atomic mass is 10.1. The minimum absolute atomic E-state index is 0.152. The van der Waals surface area contributed by atoms with Gasteiger partial charge in [0.15, 0.2) is 0 Å². The molecule has 6 heteroatoms. The molecule has 2 rings (SSSR count). The van der Waals surface area contributed by atoms with Crippen LogP contribution in [0, 0.1) is 6.92 Å². The van der Waals surface area contributed by atoms with Crippen LogP contribution in [0.2, 0.25) is 0 Å². The van der Waals surface area contributed by atoms with Crippen LogP contribution in [0.3, 0.4) is 0 Å². The summed E-state index contributed by atoms with van der Waals surface area (Å²) >= 11 is 1.53. The van der Waals surface area contributed by atoms with Crippen LogP contribution in [0.4, 0.5) is 0 Å². The predicted molar refractivity (Wildman–Crippen MR) is 88.3 cm³/mol. The first kappa shape index (κ1) is 16.9. The van der Waals surface area contributed by atoms with E-state index >= 15 is 0 Å². The maximum Gasteiger partial charge on any atom is 0.244 e. The quantitative estimate of drug-likeness (QED) is 0.844. The fourth-order valence-corrected chi connectivity index (χ4v) is 6.26. The van der Waals surface area contributed by atoms with E-state index in [2.05, 4.69) is 5.32 Å². The molecule has 0 aliphatic heterocycles. The molecule has 1 aromatic heterocycles. The number of rotatable bonds is 5. The van der Waals surface area contributed by atoms with Crippen LogP contribution >= 0.6 is 11.3 Å². The number of hydrogen-bond donors (Lipinski definition) is 1. The fraction of sp³-hybridized carbons (Fsp3) is 0.733. The highest BCUT2D eigenvalue weighted by Crippen LogP contribution is 2.32. The van der Waals surface area contributed by atoms with Crippen molar-refractivity contribution in [1.82, 2.24) is 9.62 Å². The molecular weight excluding hydrogens is 304 g/mol. The molecule has 1 N–H and O–H groups in total. The summed E-state index contributed by atoms with van der Waals surface area (Å²) in [6.07, 6.45) is 6.70. The molecule has 120 valence electrons. The summed E-state index contributed by atoms with van der Waals surface area (Å²) in [6.45, 7) is 2.50. The molecule has 0 bridgehead atoms. The number of hydrogen-bond acceptors (Lipinski definition) is 4. The van der Waals surface area contributed by atoms with Crippen molar-refractivity contribution in [2.45, 2.75) is 62.9 Å². The topological polar surface area (TPSA) is 49.4 Å². The third-order valence-corrected chi connectivity index (χ3v) is 7.68. The molecule has 1 aromatic rings. The van der Waals surface area contributed by atoms with Gasteiger partial charge in [-0.2, -0.15) is 4.31 Å². The SMILES string of the molecule is CNCc1scc(C)c1S(=O)(=O)N(C)C1CCCCCC1. The van der Waals surface area contributed by atoms with Crippen LogP contribution in [0.15, 0.2) is 10.3 Å². The van der Waals surface area contributed by atoms with E-state index in [-0.39, 0.29) is 6.04 Å². The monoisotopic (exact) mass is 330 g/mol. The van der Waals surface area contributed by atoms with Gasteiger partial charge < -0.3 is 5.32 Å². The van der Waals surface area contributed by atoms with Crippen molar-refractivity contribution >= 4 is 21.4 Å². The van der Waals surface area contributed by atoms with E-state index in [4.69, 9.17) is 0 Å². The van der Waals surface area contributed by atoms with Gasteiger partial charge in [-0.25, -0.2) is 8.42 Å². The summed E-state index contributed by atoms with van der Waals surface area (Å²) in [5.41, 5.74) is 0.866. The Hall–Kier alpha value is -0.430. The summed E-state index contributed by atoms with van der Waals surface area (Å²) in [7, 11) is 0.212. The summed E-state index contributed by atoms with van der Waals surface area (Å²) < 4.78 is 27.7. The largest absolute Gasteiger partial charge is 0.315 e. The lowest BCUT2D eigenvalue weighted by Crippen LogP contribution is -2.37. The Morgan fingerprint density at radius 2 is 1.90 bits per heavy atom. The molecule has 0 aromatic carbocycles. The first-order valence-corrected chi connectivity index (χ1v) is 10.00. The zero-order valence-corrected chi connectivity index (χ0v) is 14.8. The number of aryl methyl sites for hydroxylation is 1. The van der Waals surface area contributed by atoms with Crippen molar-refractivity contribution in [2.24, 2.45) is 0 Å². The molecule has 4 nitrogen and oxygen atoms in total. The van der Waals surface area contributed by atoms with Crippen LogP contribution in [0.5, 0.6) is 0 Å². The van der Waals surface area contributed by atoms with Gasteiger partial charge in [0, 0.05) is 24.5 Å². The van der Waals surface area contributed by atoms with Gasteiger partial charge in [0.1, 0.15) is 4.90 Å². The molecule has 1 aliphatic carbocycles. The van der Waals surface area contributed by atoms with Crippen molar-refractivity contribution < 1.29 is 8.42 Å². The average Bonchev–Trinajstić information content (AvgIpc) is 2.67. The smallest absolute Gasteiger partial charge is 0.244 e. The molecule has 1 heterocycles. The maximum atomic E-state index is 13.0. The van der Waals surface area contributed by atoms with Crippen molar-refractivity contribution in [3.63, 3.8) is 0 Å². The molecule has 1 saturated carbocycles. The molecule has 0 amide bonds. The van der Waals surface area contributed by atoms with E-state index in [0.29, 0.717) is 11.4 Å². The van der Waals surface area contributed by atoms with Crippen LogP contribution in [0.25, 0.3) is 0 Å². The predicted octanol–water partition coefficient (Wildman–Crippen LogP) is 3.12. The van der Waals surface area contributed by atoms with E-state index in [9.17, 15) is 8.42 Å². The van der Waals surface area contributed by atoms with Crippen LogP contribution in [-0.2, 0) is 16.6 Å². The highest BCUT2D eigenvalue weighted by Gasteiger charge is 2.32. The second kappa shape index (κ2) is 7.22. The van der Waals surface area contributed by atoms with Gasteiger partial charge in [0.05, 0.1) is 0 Å². The van der Waals surface area contributed by atoms with Crippen LogP contribution in [-0.4, -0.2) is 32.9 Å². The lowest BCUT2D eigenvalue weighted by Gasteiger charge is -2.27. The van der Waals surface area contributed by atoms with E-state index < -0.39 is 10.0 Å². The number of thiophene rings is 1. The first-order valence-electron chi connectivity index (χ1n) is 7.68. The van der Waals surface area contributed by atoms with Crippen LogP contribution in [0.1, 0.15) is 49.0 Å². The lowest BCUT2D eigenvalue weighted by molar-refractivity contribution is 0.335. The zero-order chi connectivity index (χ0) is 15.5. The van der Waals surface area contributed by atoms with Gasteiger partial charge in [0.25, 0.3) is 0 Å². The molecule has 0 atom stereocenters. The molecule has 0 spiro atoms. The first-order chi connectivity index (χ1) is 9.98. The second-order valence-electron chi connectivity index (χ2n) is 5.87. The maximum absolute atomic E-state index is 13.0. The Labute approximate surface area is 132 Å². The van der Waals surface area contributed by atoms with Gasteiger partial charge in [-0.15, -0.1) is 11.3 Å². The molecule has 21 heavy (non-hydrogen) atoms. The van der Waals surface area contributed by atoms with Gasteiger partial charge in [-0.1, -0.05) is 25.7 Å². The summed E-state index contributed by atoms with van der Waals surface area (Å²) in [5.74, 6) is 0. The van der Waals surface area contributed by atoms with E-state index in [1.165, 1.54) is 24.2 Å². The summed E-state index contributed by atoms with van der Waals surface area (Å²) in [5, 5.41) is 5.01.